The van der Waals surface area contributed by atoms with Crippen molar-refractivity contribution in [1.82, 2.24) is 9.55 Å². The van der Waals surface area contributed by atoms with E-state index in [4.69, 9.17) is 0 Å². The van der Waals surface area contributed by atoms with Crippen LogP contribution in [0.3, 0.4) is 0 Å². The Bertz CT molecular complexity index is 364. The van der Waals surface area contributed by atoms with Gasteiger partial charge in [-0.2, -0.15) is 0 Å². The molecule has 7 heteroatoms. The van der Waals surface area contributed by atoms with Crippen molar-refractivity contribution < 1.29 is 14.1 Å². The number of alkyl halides is 1. The molecule has 0 unspecified atom stereocenters. The van der Waals surface area contributed by atoms with Gasteiger partial charge in [0.2, 0.25) is 0 Å². The number of halogens is 1. The lowest BCUT2D eigenvalue weighted by molar-refractivity contribution is -0.396. The molecule has 0 bridgehead atoms. The zero-order valence-electron chi connectivity index (χ0n) is 7.93. The van der Waals surface area contributed by atoms with Crippen LogP contribution < -0.4 is 0 Å². The van der Waals surface area contributed by atoms with Gasteiger partial charge in [0.25, 0.3) is 0 Å². The second-order valence-corrected chi connectivity index (χ2v) is 2.94. The predicted molar refractivity (Wildman–Crippen MR) is 49.1 cm³/mol. The van der Waals surface area contributed by atoms with Gasteiger partial charge in [-0.15, -0.1) is 0 Å². The van der Waals surface area contributed by atoms with E-state index in [0.717, 1.165) is 4.57 Å². The van der Waals surface area contributed by atoms with E-state index in [1.54, 1.807) is 0 Å². The summed E-state index contributed by atoms with van der Waals surface area (Å²) in [5.74, 6) is -0.614. The van der Waals surface area contributed by atoms with Crippen molar-refractivity contribution in [3.63, 3.8) is 0 Å². The van der Waals surface area contributed by atoms with Gasteiger partial charge >= 0.3 is 5.95 Å². The quantitative estimate of drug-likeness (QED) is 0.526. The highest BCUT2D eigenvalue weighted by Crippen LogP contribution is 2.08. The van der Waals surface area contributed by atoms with Crippen LogP contribution in [0.2, 0.25) is 0 Å². The first-order valence-corrected chi connectivity index (χ1v) is 4.38. The number of carbonyl (C=O) groups excluding carboxylic acids is 1. The molecule has 1 heterocycles. The molecule has 0 saturated heterocycles. The second kappa shape index (κ2) is 5.18. The van der Waals surface area contributed by atoms with E-state index in [1.165, 1.54) is 12.4 Å². The molecular weight excluding hydrogens is 205 g/mol. The standard InChI is InChI=1S/C8H10FN3O3/c9-3-1-2-7(13)6-11-5-4-10-8(11)12(14)15/h4-5H,1-3,6H2. The molecule has 15 heavy (non-hydrogen) atoms. The number of nitrogens with zero attached hydrogens (tertiary/aromatic N) is 3. The lowest BCUT2D eigenvalue weighted by Gasteiger charge is -1.99. The van der Waals surface area contributed by atoms with Crippen LogP contribution in [0.4, 0.5) is 10.3 Å². The largest absolute Gasteiger partial charge is 0.434 e. The average Bonchev–Trinajstić information content (AvgIpc) is 2.62. The Morgan fingerprint density at radius 1 is 1.67 bits per heavy atom. The molecule has 0 aliphatic heterocycles. The lowest BCUT2D eigenvalue weighted by Crippen LogP contribution is -2.11. The SMILES string of the molecule is O=C(CCCF)Cn1ccnc1[N+](=O)[O-]. The summed E-state index contributed by atoms with van der Waals surface area (Å²) in [5, 5.41) is 10.4. The average molecular weight is 215 g/mol. The minimum Gasteiger partial charge on any atom is -0.390 e. The predicted octanol–water partition coefficient (Wildman–Crippen LogP) is 1.11. The maximum atomic E-state index is 11.8. The summed E-state index contributed by atoms with van der Waals surface area (Å²) in [6.07, 6.45) is 2.85. The smallest absolute Gasteiger partial charge is 0.390 e. The van der Waals surface area contributed by atoms with Crippen molar-refractivity contribution in [2.45, 2.75) is 19.4 Å². The zero-order chi connectivity index (χ0) is 11.3. The van der Waals surface area contributed by atoms with Gasteiger partial charge in [-0.3, -0.25) is 9.18 Å². The van der Waals surface area contributed by atoms with Crippen LogP contribution in [0.1, 0.15) is 12.8 Å². The third kappa shape index (κ3) is 3.12. The molecule has 1 aromatic rings. The minimum absolute atomic E-state index is 0.0891. The lowest BCUT2D eigenvalue weighted by atomic mass is 10.2. The molecule has 0 aliphatic carbocycles. The fraction of sp³-hybridized carbons (Fsp3) is 0.500. The Hall–Kier alpha value is -1.79. The molecule has 0 saturated carbocycles. The van der Waals surface area contributed by atoms with Crippen molar-refractivity contribution in [1.29, 1.82) is 0 Å². The summed E-state index contributed by atoms with van der Waals surface area (Å²) in [6, 6.07) is 0. The maximum Gasteiger partial charge on any atom is 0.434 e. The zero-order valence-corrected chi connectivity index (χ0v) is 7.93. The number of ketones is 1. The van der Waals surface area contributed by atoms with Crippen LogP contribution >= 0.6 is 0 Å². The van der Waals surface area contributed by atoms with Crippen molar-refractivity contribution in [3.8, 4) is 0 Å². The van der Waals surface area contributed by atoms with Gasteiger partial charge in [0.1, 0.15) is 18.9 Å². The molecular formula is C8H10FN3O3. The molecule has 0 radical (unpaired) electrons. The number of carbonyl (C=O) groups is 1. The van der Waals surface area contributed by atoms with Crippen LogP contribution in [0.5, 0.6) is 0 Å². The number of hydrogen-bond acceptors (Lipinski definition) is 4. The number of hydrogen-bond donors (Lipinski definition) is 0. The molecule has 0 spiro atoms. The first-order valence-electron chi connectivity index (χ1n) is 4.38. The van der Waals surface area contributed by atoms with Crippen LogP contribution in [0.15, 0.2) is 12.4 Å². The first kappa shape index (κ1) is 11.3. The minimum atomic E-state index is -0.664. The molecule has 0 atom stereocenters. The molecule has 6 nitrogen and oxygen atoms in total. The van der Waals surface area contributed by atoms with Gasteiger partial charge in [-0.25, -0.2) is 4.57 Å². The van der Waals surface area contributed by atoms with Crippen molar-refractivity contribution in [2.24, 2.45) is 0 Å². The van der Waals surface area contributed by atoms with Crippen LogP contribution in [-0.4, -0.2) is 26.9 Å². The highest BCUT2D eigenvalue weighted by atomic mass is 19.1. The Labute approximate surface area is 84.9 Å². The summed E-state index contributed by atoms with van der Waals surface area (Å²) in [7, 11) is 0. The number of Topliss-reactive ketones (excluding diaryl/α,β-unsaturated/α-hetero) is 1. The Morgan fingerprint density at radius 2 is 2.40 bits per heavy atom. The second-order valence-electron chi connectivity index (χ2n) is 2.94. The van der Waals surface area contributed by atoms with E-state index in [-0.39, 0.29) is 31.1 Å². The molecule has 82 valence electrons. The molecule has 0 fully saturated rings. The summed E-state index contributed by atoms with van der Waals surface area (Å²) >= 11 is 0. The Morgan fingerprint density at radius 3 is 3.00 bits per heavy atom. The third-order valence-electron chi connectivity index (χ3n) is 1.79. The highest BCUT2D eigenvalue weighted by Gasteiger charge is 2.16. The normalized spacial score (nSPS) is 10.2. The molecule has 1 rings (SSSR count). The van der Waals surface area contributed by atoms with E-state index in [9.17, 15) is 19.3 Å². The van der Waals surface area contributed by atoms with Gasteiger partial charge in [0, 0.05) is 6.42 Å². The summed E-state index contributed by atoms with van der Waals surface area (Å²) < 4.78 is 12.9. The number of nitro groups is 1. The Kier molecular flexibility index (Phi) is 3.90. The van der Waals surface area contributed by atoms with Gasteiger partial charge in [-0.05, 0) is 11.3 Å². The number of imidazole rings is 1. The third-order valence-corrected chi connectivity index (χ3v) is 1.79. The fourth-order valence-corrected chi connectivity index (χ4v) is 1.13. The van der Waals surface area contributed by atoms with E-state index in [0.29, 0.717) is 0 Å². The number of aromatic nitrogens is 2. The van der Waals surface area contributed by atoms with Gasteiger partial charge < -0.3 is 10.1 Å². The Balaban J connectivity index is 2.60. The molecule has 0 aromatic carbocycles. The van der Waals surface area contributed by atoms with Gasteiger partial charge in [0.15, 0.2) is 5.78 Å². The van der Waals surface area contributed by atoms with Crippen molar-refractivity contribution in [3.05, 3.63) is 22.5 Å². The van der Waals surface area contributed by atoms with Gasteiger partial charge in [0.05, 0.1) is 6.67 Å². The fourth-order valence-electron chi connectivity index (χ4n) is 1.13. The van der Waals surface area contributed by atoms with E-state index in [1.807, 2.05) is 0 Å². The molecule has 0 aliphatic rings. The van der Waals surface area contributed by atoms with Crippen molar-refractivity contribution in [2.75, 3.05) is 6.67 Å². The highest BCUT2D eigenvalue weighted by molar-refractivity contribution is 5.78. The monoisotopic (exact) mass is 215 g/mol. The first-order chi connectivity index (χ1) is 7.15. The summed E-state index contributed by atoms with van der Waals surface area (Å²) in [4.78, 5) is 24.5. The van der Waals surface area contributed by atoms with E-state index < -0.39 is 11.6 Å². The molecule has 0 amide bonds. The number of rotatable bonds is 6. The van der Waals surface area contributed by atoms with Crippen molar-refractivity contribution >= 4 is 11.7 Å². The summed E-state index contributed by atoms with van der Waals surface area (Å²) in [5.41, 5.74) is 0. The van der Waals surface area contributed by atoms with Gasteiger partial charge in [-0.1, -0.05) is 4.98 Å². The van der Waals surface area contributed by atoms with E-state index in [2.05, 4.69) is 4.98 Å². The van der Waals surface area contributed by atoms with Crippen LogP contribution in [-0.2, 0) is 11.3 Å². The van der Waals surface area contributed by atoms with E-state index >= 15 is 0 Å². The molecule has 0 N–H and O–H groups in total. The topological polar surface area (TPSA) is 78.0 Å². The van der Waals surface area contributed by atoms with Crippen LogP contribution in [0, 0.1) is 10.1 Å². The maximum absolute atomic E-state index is 11.8. The molecule has 1 aromatic heterocycles. The summed E-state index contributed by atoms with van der Waals surface area (Å²) in [6.45, 7) is -0.686. The van der Waals surface area contributed by atoms with Crippen LogP contribution in [0.25, 0.3) is 0 Å².